The van der Waals surface area contributed by atoms with Gasteiger partial charge in [0.2, 0.25) is 0 Å². The normalized spacial score (nSPS) is 12.6. The quantitative estimate of drug-likeness (QED) is 0.835. The minimum absolute atomic E-state index is 0.152. The Bertz CT molecular complexity index is 422. The highest BCUT2D eigenvalue weighted by Crippen LogP contribution is 2.19. The summed E-state index contributed by atoms with van der Waals surface area (Å²) in [4.78, 5) is 1.42. The molecule has 0 radical (unpaired) electrons. The maximum atomic E-state index is 6.16. The van der Waals surface area contributed by atoms with E-state index < -0.39 is 0 Å². The van der Waals surface area contributed by atoms with Crippen molar-refractivity contribution < 1.29 is 0 Å². The number of thiophene rings is 1. The Morgan fingerprint density at radius 1 is 1.19 bits per heavy atom. The molecule has 84 valence electrons. The van der Waals surface area contributed by atoms with Crippen LogP contribution in [-0.4, -0.2) is 0 Å². The fraction of sp³-hybridized carbons (Fsp3) is 0.231. The third-order valence-electron chi connectivity index (χ3n) is 2.58. The van der Waals surface area contributed by atoms with Crippen molar-refractivity contribution >= 4 is 33.9 Å². The van der Waals surface area contributed by atoms with Gasteiger partial charge < -0.3 is 5.73 Å². The van der Waals surface area contributed by atoms with Gasteiger partial charge in [-0.25, -0.2) is 0 Å². The number of hydrogen-bond acceptors (Lipinski definition) is 2. The second kappa shape index (κ2) is 5.80. The van der Waals surface area contributed by atoms with E-state index >= 15 is 0 Å². The molecule has 1 heterocycles. The first-order chi connectivity index (χ1) is 7.75. The first-order valence-corrected chi connectivity index (χ1v) is 7.25. The van der Waals surface area contributed by atoms with Crippen molar-refractivity contribution in [3.63, 3.8) is 0 Å². The highest BCUT2D eigenvalue weighted by molar-refractivity contribution is 14.1. The van der Waals surface area contributed by atoms with Crippen LogP contribution in [0.1, 0.15) is 22.9 Å². The summed E-state index contributed by atoms with van der Waals surface area (Å²) in [6, 6.07) is 12.9. The molecule has 0 bridgehead atoms. The molecule has 0 aliphatic carbocycles. The Morgan fingerprint density at radius 2 is 1.94 bits per heavy atom. The van der Waals surface area contributed by atoms with Gasteiger partial charge in [-0.15, -0.1) is 11.3 Å². The largest absolute Gasteiger partial charge is 0.324 e. The van der Waals surface area contributed by atoms with Gasteiger partial charge in [0.05, 0.1) is 0 Å². The smallest absolute Gasteiger partial charge is 0.0298 e. The molecule has 0 aliphatic heterocycles. The number of nitrogens with two attached hydrogens (primary N) is 1. The summed E-state index contributed by atoms with van der Waals surface area (Å²) in [7, 11) is 0. The van der Waals surface area contributed by atoms with Crippen LogP contribution < -0.4 is 5.73 Å². The van der Waals surface area contributed by atoms with E-state index in [-0.39, 0.29) is 6.04 Å². The van der Waals surface area contributed by atoms with Gasteiger partial charge >= 0.3 is 0 Å². The highest BCUT2D eigenvalue weighted by atomic mass is 127. The average Bonchev–Trinajstić information content (AvgIpc) is 2.80. The molecule has 0 saturated carbocycles. The summed E-state index contributed by atoms with van der Waals surface area (Å²) in [5.74, 6) is 0. The lowest BCUT2D eigenvalue weighted by atomic mass is 10.0. The maximum Gasteiger partial charge on any atom is 0.0298 e. The van der Waals surface area contributed by atoms with Crippen LogP contribution in [0.5, 0.6) is 0 Å². The fourth-order valence-electron chi connectivity index (χ4n) is 1.63. The summed E-state index contributed by atoms with van der Waals surface area (Å²) in [5.41, 5.74) is 7.40. The molecule has 2 aromatic rings. The van der Waals surface area contributed by atoms with Crippen LogP contribution in [0.25, 0.3) is 0 Å². The van der Waals surface area contributed by atoms with Crippen LogP contribution in [0.4, 0.5) is 0 Å². The molecule has 1 unspecified atom stereocenters. The van der Waals surface area contributed by atoms with Crippen molar-refractivity contribution in [1.29, 1.82) is 0 Å². The number of hydrogen-bond donors (Lipinski definition) is 1. The zero-order valence-corrected chi connectivity index (χ0v) is 11.9. The van der Waals surface area contributed by atoms with Gasteiger partial charge in [0.25, 0.3) is 0 Å². The highest BCUT2D eigenvalue weighted by Gasteiger charge is 2.06. The van der Waals surface area contributed by atoms with Gasteiger partial charge in [0.1, 0.15) is 0 Å². The first kappa shape index (κ1) is 12.1. The number of aryl methyl sites for hydroxylation is 1. The van der Waals surface area contributed by atoms with Gasteiger partial charge in [0.15, 0.2) is 0 Å². The molecule has 16 heavy (non-hydrogen) atoms. The topological polar surface area (TPSA) is 26.0 Å². The molecule has 1 atom stereocenters. The number of halogens is 1. The van der Waals surface area contributed by atoms with Crippen molar-refractivity contribution in [3.8, 4) is 0 Å². The van der Waals surface area contributed by atoms with Crippen LogP contribution in [0.3, 0.4) is 0 Å². The molecular weight excluding hydrogens is 329 g/mol. The van der Waals surface area contributed by atoms with E-state index in [1.165, 1.54) is 14.0 Å². The molecule has 1 aromatic heterocycles. The van der Waals surface area contributed by atoms with Crippen LogP contribution >= 0.6 is 33.9 Å². The summed E-state index contributed by atoms with van der Waals surface area (Å²) in [5, 5.41) is 2.12. The van der Waals surface area contributed by atoms with E-state index in [1.807, 2.05) is 0 Å². The van der Waals surface area contributed by atoms with Gasteiger partial charge in [-0.1, -0.05) is 18.2 Å². The predicted octanol–water partition coefficient (Wildman–Crippen LogP) is 3.99. The van der Waals surface area contributed by atoms with E-state index in [4.69, 9.17) is 5.73 Å². The Morgan fingerprint density at radius 3 is 2.56 bits per heavy atom. The molecule has 2 N–H and O–H groups in total. The molecule has 2 rings (SSSR count). The third-order valence-corrected chi connectivity index (χ3v) is 4.24. The Hall–Kier alpha value is -0.390. The fourth-order valence-corrected chi connectivity index (χ4v) is 2.71. The second-order valence-electron chi connectivity index (χ2n) is 3.78. The lowest BCUT2D eigenvalue weighted by molar-refractivity contribution is 0.655. The SMILES string of the molecule is NC(CCc1cccs1)c1ccc(I)cc1. The molecule has 3 heteroatoms. The molecule has 1 aromatic carbocycles. The molecule has 1 nitrogen and oxygen atoms in total. The van der Waals surface area contributed by atoms with Crippen molar-refractivity contribution in [1.82, 2.24) is 0 Å². The summed E-state index contributed by atoms with van der Waals surface area (Å²) in [6.07, 6.45) is 2.09. The monoisotopic (exact) mass is 343 g/mol. The van der Waals surface area contributed by atoms with E-state index in [0.29, 0.717) is 0 Å². The maximum absolute atomic E-state index is 6.16. The van der Waals surface area contributed by atoms with Crippen molar-refractivity contribution in [2.45, 2.75) is 18.9 Å². The minimum atomic E-state index is 0.152. The van der Waals surface area contributed by atoms with Crippen LogP contribution in [-0.2, 0) is 6.42 Å². The van der Waals surface area contributed by atoms with Crippen molar-refractivity contribution in [2.24, 2.45) is 5.73 Å². The van der Waals surface area contributed by atoms with Crippen LogP contribution in [0.2, 0.25) is 0 Å². The molecular formula is C13H14INS. The number of rotatable bonds is 4. The molecule has 0 spiro atoms. The van der Waals surface area contributed by atoms with Gasteiger partial charge in [0, 0.05) is 14.5 Å². The van der Waals surface area contributed by atoms with E-state index in [2.05, 4.69) is 64.4 Å². The van der Waals surface area contributed by atoms with E-state index in [9.17, 15) is 0 Å². The molecule has 0 saturated heterocycles. The van der Waals surface area contributed by atoms with Gasteiger partial charge in [-0.2, -0.15) is 0 Å². The number of benzene rings is 1. The summed E-state index contributed by atoms with van der Waals surface area (Å²) >= 11 is 4.12. The van der Waals surface area contributed by atoms with Crippen molar-refractivity contribution in [3.05, 3.63) is 55.8 Å². The molecule has 0 amide bonds. The summed E-state index contributed by atoms with van der Waals surface area (Å²) in [6.45, 7) is 0. The lowest BCUT2D eigenvalue weighted by Crippen LogP contribution is -2.10. The van der Waals surface area contributed by atoms with E-state index in [1.54, 1.807) is 11.3 Å². The van der Waals surface area contributed by atoms with Crippen molar-refractivity contribution in [2.75, 3.05) is 0 Å². The molecule has 0 fully saturated rings. The van der Waals surface area contributed by atoms with Crippen LogP contribution in [0.15, 0.2) is 41.8 Å². The third kappa shape index (κ3) is 3.30. The van der Waals surface area contributed by atoms with E-state index in [0.717, 1.165) is 12.8 Å². The molecule has 0 aliphatic rings. The summed E-state index contributed by atoms with van der Waals surface area (Å²) < 4.78 is 1.26. The minimum Gasteiger partial charge on any atom is -0.324 e. The zero-order valence-electron chi connectivity index (χ0n) is 8.90. The average molecular weight is 343 g/mol. The Balaban J connectivity index is 1.93. The Kier molecular flexibility index (Phi) is 4.37. The standard InChI is InChI=1S/C13H14INS/c14-11-5-3-10(4-6-11)13(15)8-7-12-2-1-9-16-12/h1-6,9,13H,7-8,15H2. The van der Waals surface area contributed by atoms with Crippen LogP contribution in [0, 0.1) is 3.57 Å². The van der Waals surface area contributed by atoms with Gasteiger partial charge in [-0.3, -0.25) is 0 Å². The predicted molar refractivity (Wildman–Crippen MR) is 78.7 cm³/mol. The lowest BCUT2D eigenvalue weighted by Gasteiger charge is -2.11. The Labute approximate surface area is 114 Å². The van der Waals surface area contributed by atoms with Gasteiger partial charge in [-0.05, 0) is 64.6 Å². The first-order valence-electron chi connectivity index (χ1n) is 5.29. The zero-order chi connectivity index (χ0) is 11.4. The second-order valence-corrected chi connectivity index (χ2v) is 6.05.